The molecule has 0 unspecified atom stereocenters. The van der Waals surface area contributed by atoms with Crippen molar-refractivity contribution < 1.29 is 28.2 Å². The Morgan fingerprint density at radius 1 is 0.767 bits per heavy atom. The van der Waals surface area contributed by atoms with Gasteiger partial charge in [-0.3, -0.25) is 9.59 Å². The Balaban J connectivity index is 1.58. The van der Waals surface area contributed by atoms with Gasteiger partial charge in [0.15, 0.2) is 11.5 Å². The number of nitrogens with zero attached hydrogens (tertiary/aromatic N) is 2. The van der Waals surface area contributed by atoms with Gasteiger partial charge in [-0.1, -0.05) is 66.7 Å². The molecule has 226 valence electrons. The predicted molar refractivity (Wildman–Crippen MR) is 165 cm³/mol. The first kappa shape index (κ1) is 31.4. The number of carbonyl (C=O) groups excluding carboxylic acids is 2. The summed E-state index contributed by atoms with van der Waals surface area (Å²) in [5.41, 5.74) is 2.75. The smallest absolute Gasteiger partial charge is 0.242 e. The Morgan fingerprint density at radius 3 is 2.02 bits per heavy atom. The van der Waals surface area contributed by atoms with Gasteiger partial charge in [0.1, 0.15) is 5.76 Å². The number of hydrogen-bond acceptors (Lipinski definition) is 6. The molecule has 0 saturated heterocycles. The molecule has 0 fully saturated rings. The van der Waals surface area contributed by atoms with Crippen LogP contribution in [-0.4, -0.2) is 69.2 Å². The molecule has 1 aromatic heterocycles. The highest BCUT2D eigenvalue weighted by atomic mass is 16.5. The van der Waals surface area contributed by atoms with Crippen molar-refractivity contribution in [2.75, 3.05) is 47.6 Å². The fraction of sp³-hybridized carbons (Fsp3) is 0.314. The fourth-order valence-corrected chi connectivity index (χ4v) is 5.06. The van der Waals surface area contributed by atoms with Crippen LogP contribution in [0.25, 0.3) is 0 Å². The third-order valence-corrected chi connectivity index (χ3v) is 7.32. The molecule has 2 amide bonds. The van der Waals surface area contributed by atoms with Crippen LogP contribution >= 0.6 is 0 Å². The van der Waals surface area contributed by atoms with Crippen molar-refractivity contribution in [2.24, 2.45) is 0 Å². The fourth-order valence-electron chi connectivity index (χ4n) is 5.06. The van der Waals surface area contributed by atoms with Crippen molar-refractivity contribution in [2.45, 2.75) is 25.3 Å². The Hall–Kier alpha value is -4.56. The van der Waals surface area contributed by atoms with Gasteiger partial charge >= 0.3 is 0 Å². The van der Waals surface area contributed by atoms with Crippen LogP contribution in [0.4, 0.5) is 0 Å². The molecule has 0 aliphatic rings. The lowest BCUT2D eigenvalue weighted by Gasteiger charge is -2.30. The maximum atomic E-state index is 14.3. The van der Waals surface area contributed by atoms with Crippen LogP contribution in [0.5, 0.6) is 11.5 Å². The second-order valence-electron chi connectivity index (χ2n) is 10.2. The summed E-state index contributed by atoms with van der Waals surface area (Å²) in [5, 5.41) is 0. The van der Waals surface area contributed by atoms with E-state index in [1.165, 1.54) is 0 Å². The Bertz CT molecular complexity index is 1370. The van der Waals surface area contributed by atoms with Crippen molar-refractivity contribution in [3.8, 4) is 11.5 Å². The Morgan fingerprint density at radius 2 is 1.44 bits per heavy atom. The van der Waals surface area contributed by atoms with E-state index in [2.05, 4.69) is 0 Å². The number of hydrogen-bond donors (Lipinski definition) is 0. The summed E-state index contributed by atoms with van der Waals surface area (Å²) in [7, 11) is 4.83. The number of ether oxygens (including phenoxy) is 3. The van der Waals surface area contributed by atoms with Crippen LogP contribution < -0.4 is 9.47 Å². The third-order valence-electron chi connectivity index (χ3n) is 7.32. The molecule has 3 aromatic carbocycles. The zero-order valence-electron chi connectivity index (χ0n) is 25.1. The molecule has 0 radical (unpaired) electrons. The molecule has 43 heavy (non-hydrogen) atoms. The lowest BCUT2D eigenvalue weighted by atomic mass is 9.90. The van der Waals surface area contributed by atoms with Gasteiger partial charge in [-0.05, 0) is 53.8 Å². The third kappa shape index (κ3) is 8.72. The summed E-state index contributed by atoms with van der Waals surface area (Å²) >= 11 is 0. The molecule has 8 nitrogen and oxygen atoms in total. The van der Waals surface area contributed by atoms with Crippen molar-refractivity contribution >= 4 is 11.8 Å². The summed E-state index contributed by atoms with van der Waals surface area (Å²) in [6.07, 6.45) is 2.79. The lowest BCUT2D eigenvalue weighted by Crippen LogP contribution is -2.45. The highest BCUT2D eigenvalue weighted by molar-refractivity contribution is 5.91. The quantitative estimate of drug-likeness (QED) is 0.160. The largest absolute Gasteiger partial charge is 0.493 e. The van der Waals surface area contributed by atoms with Crippen LogP contribution in [0.1, 0.15) is 34.8 Å². The molecule has 4 rings (SSSR count). The van der Waals surface area contributed by atoms with E-state index in [-0.39, 0.29) is 18.4 Å². The van der Waals surface area contributed by atoms with E-state index in [0.717, 1.165) is 16.7 Å². The van der Waals surface area contributed by atoms with Gasteiger partial charge in [0.25, 0.3) is 0 Å². The predicted octanol–water partition coefficient (Wildman–Crippen LogP) is 5.57. The van der Waals surface area contributed by atoms with Crippen LogP contribution in [-0.2, 0) is 27.3 Å². The summed E-state index contributed by atoms with van der Waals surface area (Å²) in [6, 6.07) is 28.8. The molecule has 8 heteroatoms. The number of benzene rings is 3. The van der Waals surface area contributed by atoms with Gasteiger partial charge in [-0.2, -0.15) is 0 Å². The van der Waals surface area contributed by atoms with E-state index in [1.807, 2.05) is 84.9 Å². The van der Waals surface area contributed by atoms with Gasteiger partial charge in [-0.15, -0.1) is 0 Å². The number of furan rings is 1. The summed E-state index contributed by atoms with van der Waals surface area (Å²) in [5.74, 6) is 1.12. The van der Waals surface area contributed by atoms with Crippen molar-refractivity contribution in [3.05, 3.63) is 120 Å². The first-order valence-corrected chi connectivity index (χ1v) is 14.4. The maximum Gasteiger partial charge on any atom is 0.242 e. The zero-order valence-corrected chi connectivity index (χ0v) is 25.1. The molecule has 4 aromatic rings. The Labute approximate surface area is 253 Å². The molecular formula is C35H40N2O6. The summed E-state index contributed by atoms with van der Waals surface area (Å²) in [6.45, 7) is 1.52. The molecule has 0 aliphatic heterocycles. The molecule has 0 spiro atoms. The van der Waals surface area contributed by atoms with Gasteiger partial charge in [0.05, 0.1) is 39.5 Å². The standard InChI is InChI=1S/C35H40N2O6/c1-40-22-11-20-37(35(39)34(28-12-6-4-7-13-28)29-14-8-5-9-15-29)26-33(38)36(25-30-16-10-23-43-30)21-19-27-17-18-31(41-2)32(24-27)42-3/h4-10,12-18,23-24,34H,11,19-22,25-26H2,1-3H3. The molecule has 0 N–H and O–H groups in total. The van der Waals surface area contributed by atoms with Crippen LogP contribution in [0.2, 0.25) is 0 Å². The van der Waals surface area contributed by atoms with E-state index >= 15 is 0 Å². The second-order valence-corrected chi connectivity index (χ2v) is 10.2. The lowest BCUT2D eigenvalue weighted by molar-refractivity contribution is -0.141. The monoisotopic (exact) mass is 584 g/mol. The van der Waals surface area contributed by atoms with E-state index in [9.17, 15) is 9.59 Å². The van der Waals surface area contributed by atoms with Crippen molar-refractivity contribution in [3.63, 3.8) is 0 Å². The molecule has 1 heterocycles. The normalized spacial score (nSPS) is 10.9. The van der Waals surface area contributed by atoms with Gasteiger partial charge in [0.2, 0.25) is 11.8 Å². The number of carbonyl (C=O) groups is 2. The van der Waals surface area contributed by atoms with Gasteiger partial charge in [0, 0.05) is 26.8 Å². The van der Waals surface area contributed by atoms with Gasteiger partial charge in [-0.25, -0.2) is 0 Å². The van der Waals surface area contributed by atoms with Crippen molar-refractivity contribution in [1.29, 1.82) is 0 Å². The van der Waals surface area contributed by atoms with E-state index in [0.29, 0.717) is 56.3 Å². The number of amides is 2. The van der Waals surface area contributed by atoms with Crippen LogP contribution in [0.15, 0.2) is 102 Å². The second kappa shape index (κ2) is 16.2. The molecule has 0 aliphatic carbocycles. The SMILES string of the molecule is COCCCN(CC(=O)N(CCc1ccc(OC)c(OC)c1)Cc1ccco1)C(=O)C(c1ccccc1)c1ccccc1. The number of rotatable bonds is 16. The summed E-state index contributed by atoms with van der Waals surface area (Å²) < 4.78 is 21.7. The molecule has 0 bridgehead atoms. The minimum atomic E-state index is -0.539. The van der Waals surface area contributed by atoms with E-state index in [1.54, 1.807) is 43.5 Å². The highest BCUT2D eigenvalue weighted by Crippen LogP contribution is 2.29. The average molecular weight is 585 g/mol. The minimum absolute atomic E-state index is 0.0641. The van der Waals surface area contributed by atoms with Crippen molar-refractivity contribution in [1.82, 2.24) is 9.80 Å². The number of methoxy groups -OCH3 is 3. The first-order valence-electron chi connectivity index (χ1n) is 14.4. The van der Waals surface area contributed by atoms with E-state index < -0.39 is 5.92 Å². The van der Waals surface area contributed by atoms with Crippen LogP contribution in [0, 0.1) is 0 Å². The maximum absolute atomic E-state index is 14.3. The van der Waals surface area contributed by atoms with Gasteiger partial charge < -0.3 is 28.4 Å². The molecule has 0 atom stereocenters. The minimum Gasteiger partial charge on any atom is -0.493 e. The first-order chi connectivity index (χ1) is 21.0. The molecular weight excluding hydrogens is 544 g/mol. The summed E-state index contributed by atoms with van der Waals surface area (Å²) in [4.78, 5) is 31.7. The average Bonchev–Trinajstić information content (AvgIpc) is 3.57. The molecule has 0 saturated carbocycles. The Kier molecular flexibility index (Phi) is 11.8. The topological polar surface area (TPSA) is 81.5 Å². The van der Waals surface area contributed by atoms with Crippen LogP contribution in [0.3, 0.4) is 0 Å². The highest BCUT2D eigenvalue weighted by Gasteiger charge is 2.30. The zero-order chi connectivity index (χ0) is 30.4. The van der Waals surface area contributed by atoms with E-state index in [4.69, 9.17) is 18.6 Å².